The van der Waals surface area contributed by atoms with Crippen LogP contribution in [0.3, 0.4) is 0 Å². The molecule has 1 saturated heterocycles. The van der Waals surface area contributed by atoms with Crippen molar-refractivity contribution in [1.29, 1.82) is 0 Å². The molecule has 2 rings (SSSR count). The summed E-state index contributed by atoms with van der Waals surface area (Å²) in [6, 6.07) is 0. The molecule has 0 radical (unpaired) electrons. The van der Waals surface area contributed by atoms with Crippen molar-refractivity contribution in [3.05, 3.63) is 0 Å². The van der Waals surface area contributed by atoms with E-state index in [-0.39, 0.29) is 12.4 Å². The molecule has 3 heteroatoms. The monoisotopic (exact) mass is 270 g/mol. The van der Waals surface area contributed by atoms with Crippen LogP contribution in [0.15, 0.2) is 0 Å². The summed E-state index contributed by atoms with van der Waals surface area (Å²) >= 11 is 2.23. The normalized spacial score (nSPS) is 32.7. The van der Waals surface area contributed by atoms with Crippen molar-refractivity contribution in [1.82, 2.24) is 0 Å². The van der Waals surface area contributed by atoms with Crippen molar-refractivity contribution >= 4 is 21.7 Å². The third-order valence-electron chi connectivity index (χ3n) is 3.99. The minimum Gasteiger partial charge on any atom is -1.00 e. The zero-order valence-corrected chi connectivity index (χ0v) is 13.9. The molecule has 3 unspecified atom stereocenters. The van der Waals surface area contributed by atoms with Crippen molar-refractivity contribution in [3.63, 3.8) is 0 Å². The molecule has 17 heavy (non-hydrogen) atoms. The minimum atomic E-state index is 0. The number of hydrogen-bond donors (Lipinski definition) is 0. The molecule has 1 aliphatic heterocycles. The van der Waals surface area contributed by atoms with Crippen LogP contribution in [-0.4, -0.2) is 34.9 Å². The molecule has 1 saturated carbocycles. The van der Waals surface area contributed by atoms with Gasteiger partial charge in [0.1, 0.15) is 0 Å². The molecule has 0 amide bonds. The minimum absolute atomic E-state index is 0. The van der Waals surface area contributed by atoms with Gasteiger partial charge in [0.05, 0.1) is 0 Å². The molecule has 0 aromatic carbocycles. The molecule has 98 valence electrons. The van der Waals surface area contributed by atoms with E-state index in [0.29, 0.717) is 0 Å². The average Bonchev–Trinajstić information content (AvgIpc) is 2.74. The van der Waals surface area contributed by atoms with Gasteiger partial charge in [-0.15, -0.1) is 0 Å². The van der Waals surface area contributed by atoms with Crippen LogP contribution in [0.4, 0.5) is 0 Å². The molecule has 1 aliphatic carbocycles. The molecule has 2 fully saturated rings. The molecule has 0 aromatic rings. The van der Waals surface area contributed by atoms with Crippen LogP contribution in [0, 0.1) is 17.8 Å². The summed E-state index contributed by atoms with van der Waals surface area (Å²) in [5, 5.41) is 0. The first kappa shape index (κ1) is 18.0. The van der Waals surface area contributed by atoms with E-state index in [1.54, 1.807) is 0 Å². The van der Waals surface area contributed by atoms with E-state index >= 15 is 0 Å². The molecule has 0 N–H and O–H groups in total. The second-order valence-electron chi connectivity index (χ2n) is 5.91. The second kappa shape index (κ2) is 9.88. The average molecular weight is 271 g/mol. The molecule has 2 aliphatic rings. The number of hydrogen-bond acceptors (Lipinski definition) is 1. The van der Waals surface area contributed by atoms with Crippen molar-refractivity contribution in [2.24, 2.45) is 17.8 Å². The van der Waals surface area contributed by atoms with Gasteiger partial charge in [-0.25, -0.2) is 0 Å². The Balaban J connectivity index is 0.000000360. The van der Waals surface area contributed by atoms with E-state index in [1.165, 1.54) is 32.1 Å². The summed E-state index contributed by atoms with van der Waals surface area (Å²) in [5.41, 5.74) is 0. The Bertz CT molecular complexity index is 175. The van der Waals surface area contributed by atoms with E-state index in [9.17, 15) is 0 Å². The molecule has 1 nitrogen and oxygen atoms in total. The molecular weight excluding hydrogens is 244 g/mol. The summed E-state index contributed by atoms with van der Waals surface area (Å²) in [6.07, 6.45) is 6.98. The molecule has 1 heterocycles. The predicted molar refractivity (Wildman–Crippen MR) is 70.9 cm³/mol. The zero-order valence-electron chi connectivity index (χ0n) is 11.8. The van der Waals surface area contributed by atoms with E-state index in [0.717, 1.165) is 35.0 Å². The van der Waals surface area contributed by atoms with Gasteiger partial charge in [0, 0.05) is 13.2 Å². The van der Waals surface area contributed by atoms with Gasteiger partial charge < -0.3 is 17.1 Å². The summed E-state index contributed by atoms with van der Waals surface area (Å²) in [7, 11) is 0. The van der Waals surface area contributed by atoms with Crippen LogP contribution in [0.25, 0.3) is 0 Å². The Morgan fingerprint density at radius 1 is 1.12 bits per heavy atom. The summed E-state index contributed by atoms with van der Waals surface area (Å²) in [5.74, 6) is 2.92. The smallest absolute Gasteiger partial charge is 1.00 e. The summed E-state index contributed by atoms with van der Waals surface area (Å²) < 4.78 is 5.94. The van der Waals surface area contributed by atoms with Gasteiger partial charge >= 0.3 is 83.5 Å². The van der Waals surface area contributed by atoms with E-state index in [1.807, 2.05) is 0 Å². The van der Waals surface area contributed by atoms with E-state index in [4.69, 9.17) is 4.74 Å². The maximum Gasteiger partial charge on any atom is -1.00 e. The second-order valence-corrected chi connectivity index (χ2v) is 6.95. The quantitative estimate of drug-likeness (QED) is 0.642. The third-order valence-corrected chi connectivity index (χ3v) is 4.93. The van der Waals surface area contributed by atoms with Crippen LogP contribution in [0.1, 0.15) is 52.9 Å². The standard InChI is InChI=1S/C10H19.C4H8O.ClH.Mg/c1-8(2)10-6-4-9(3)5-7-10;1-2-4-5-3-1;;/h6,8-10H,4-5,7H2,1-3H3;1-4H2;1H;/q;;;+1/p-1. The van der Waals surface area contributed by atoms with E-state index < -0.39 is 0 Å². The fourth-order valence-corrected chi connectivity index (χ4v) is 4.26. The largest absolute Gasteiger partial charge is 1.00 e. The van der Waals surface area contributed by atoms with Crippen molar-refractivity contribution in [2.45, 2.75) is 56.9 Å². The van der Waals surface area contributed by atoms with Gasteiger partial charge in [-0.2, -0.15) is 0 Å². The Morgan fingerprint density at radius 3 is 2.06 bits per heavy atom. The number of halogens is 1. The molecule has 0 aromatic heterocycles. The van der Waals surface area contributed by atoms with Gasteiger partial charge in [0.2, 0.25) is 0 Å². The van der Waals surface area contributed by atoms with Crippen molar-refractivity contribution in [3.8, 4) is 0 Å². The Labute approximate surface area is 126 Å². The third kappa shape index (κ3) is 7.24. The zero-order chi connectivity index (χ0) is 12.0. The topological polar surface area (TPSA) is 9.23 Å². The van der Waals surface area contributed by atoms with Crippen LogP contribution in [0.5, 0.6) is 0 Å². The van der Waals surface area contributed by atoms with Gasteiger partial charge in [-0.05, 0) is 12.8 Å². The fraction of sp³-hybridized carbons (Fsp3) is 1.00. The van der Waals surface area contributed by atoms with Crippen LogP contribution < -0.4 is 12.4 Å². The summed E-state index contributed by atoms with van der Waals surface area (Å²) in [6.45, 7) is 9.15. The van der Waals surface area contributed by atoms with Crippen molar-refractivity contribution < 1.29 is 17.1 Å². The van der Waals surface area contributed by atoms with Crippen LogP contribution in [-0.2, 0) is 4.74 Å². The van der Waals surface area contributed by atoms with Crippen LogP contribution >= 0.6 is 0 Å². The van der Waals surface area contributed by atoms with Gasteiger partial charge in [-0.1, -0.05) is 0 Å². The maximum absolute atomic E-state index is 4.94. The maximum atomic E-state index is 4.94. The number of ether oxygens (including phenoxy) is 1. The Kier molecular flexibility index (Phi) is 10.5. The van der Waals surface area contributed by atoms with Crippen molar-refractivity contribution in [2.75, 3.05) is 13.2 Å². The first-order chi connectivity index (χ1) is 7.61. The molecule has 0 bridgehead atoms. The fourth-order valence-electron chi connectivity index (χ4n) is 2.91. The molecule has 3 atom stereocenters. The van der Waals surface area contributed by atoms with Crippen LogP contribution in [0.2, 0.25) is 4.05 Å². The molecule has 0 spiro atoms. The first-order valence-corrected chi connectivity index (χ1v) is 7.83. The van der Waals surface area contributed by atoms with Gasteiger partial charge in [-0.3, -0.25) is 0 Å². The SMILES string of the molecule is C1CCOC1.CC1CCC(C(C)C)[CH]([Mg+])C1.[Cl-]. The van der Waals surface area contributed by atoms with Gasteiger partial charge in [0.25, 0.3) is 0 Å². The first-order valence-electron chi connectivity index (χ1n) is 7.02. The van der Waals surface area contributed by atoms with Gasteiger partial charge in [0.15, 0.2) is 0 Å². The Morgan fingerprint density at radius 2 is 1.71 bits per heavy atom. The summed E-state index contributed by atoms with van der Waals surface area (Å²) in [4.78, 5) is 0. The predicted octanol–water partition coefficient (Wildman–Crippen LogP) is 0.836. The van der Waals surface area contributed by atoms with E-state index in [2.05, 4.69) is 42.5 Å². The number of rotatable bonds is 1. The molecular formula is C14H27ClMgO. The Hall–Kier alpha value is 1.02.